The van der Waals surface area contributed by atoms with E-state index in [1.807, 2.05) is 19.0 Å². The fourth-order valence-corrected chi connectivity index (χ4v) is 2.96. The Kier molecular flexibility index (Phi) is 10.4. The Bertz CT molecular complexity index is 795. The minimum atomic E-state index is -0.257. The Balaban J connectivity index is 0.000000311. The zero-order valence-electron chi connectivity index (χ0n) is 18.9. The van der Waals surface area contributed by atoms with Gasteiger partial charge in [0.25, 0.3) is 0 Å². The third-order valence-electron chi connectivity index (χ3n) is 4.51. The van der Waals surface area contributed by atoms with Gasteiger partial charge in [0.2, 0.25) is 0 Å². The number of ketones is 4. The Morgan fingerprint density at radius 2 is 1.13 bits per heavy atom. The third kappa shape index (κ3) is 8.24. The van der Waals surface area contributed by atoms with Gasteiger partial charge in [0.1, 0.15) is 22.7 Å². The highest BCUT2D eigenvalue weighted by Gasteiger charge is 2.27. The standard InChI is InChI=1S/C12H17NO3.C11H15NO3/c1-13(2)8-7-11(16-3)12-9(14)5-4-6-10(12)15;1-12(2)7-6-10(15)11-8(13)4-3-5-9(11)14/h7-8H,4-6H2,1-3H3;6-7,15H,3-5H2,1-2H3/b8-7+;7-6+. The Morgan fingerprint density at radius 3 is 1.52 bits per heavy atom. The van der Waals surface area contributed by atoms with Crippen molar-refractivity contribution in [3.05, 3.63) is 47.2 Å². The molecule has 0 unspecified atom stereocenters. The highest BCUT2D eigenvalue weighted by Crippen LogP contribution is 2.21. The Hall–Kier alpha value is -3.16. The van der Waals surface area contributed by atoms with E-state index >= 15 is 0 Å². The van der Waals surface area contributed by atoms with Gasteiger partial charge in [-0.1, -0.05) is 0 Å². The van der Waals surface area contributed by atoms with Crippen LogP contribution >= 0.6 is 0 Å². The zero-order valence-corrected chi connectivity index (χ0v) is 18.9. The van der Waals surface area contributed by atoms with Crippen molar-refractivity contribution in [3.63, 3.8) is 0 Å². The SMILES string of the molecule is CN(C)/C=C/C(O)=C1C(=O)CCCC1=O.COC(/C=C/N(C)C)=C1C(=O)CCCC1=O. The number of nitrogens with zero attached hydrogens (tertiary/aromatic N) is 2. The van der Waals surface area contributed by atoms with E-state index in [1.165, 1.54) is 13.2 Å². The van der Waals surface area contributed by atoms with Crippen LogP contribution in [0.25, 0.3) is 0 Å². The van der Waals surface area contributed by atoms with Crippen LogP contribution in [0.15, 0.2) is 47.2 Å². The van der Waals surface area contributed by atoms with E-state index in [-0.39, 0.29) is 40.0 Å². The van der Waals surface area contributed by atoms with Crippen LogP contribution in [0.3, 0.4) is 0 Å². The van der Waals surface area contributed by atoms with Crippen LogP contribution in [0.5, 0.6) is 0 Å². The molecule has 0 saturated heterocycles. The molecule has 0 spiro atoms. The summed E-state index contributed by atoms with van der Waals surface area (Å²) in [7, 11) is 8.77. The van der Waals surface area contributed by atoms with Gasteiger partial charge in [-0.3, -0.25) is 19.2 Å². The summed E-state index contributed by atoms with van der Waals surface area (Å²) >= 11 is 0. The zero-order chi connectivity index (χ0) is 23.6. The number of Topliss-reactive ketones (excluding diaryl/α,β-unsaturated/α-hetero) is 4. The molecular formula is C23H32N2O6. The van der Waals surface area contributed by atoms with Crippen LogP contribution in [0, 0.1) is 0 Å². The second-order valence-corrected chi connectivity index (χ2v) is 7.66. The first kappa shape index (κ1) is 25.9. The van der Waals surface area contributed by atoms with Gasteiger partial charge in [-0.05, 0) is 25.0 Å². The first-order valence-corrected chi connectivity index (χ1v) is 10.1. The van der Waals surface area contributed by atoms with Crippen molar-refractivity contribution in [2.45, 2.75) is 38.5 Å². The van der Waals surface area contributed by atoms with Crippen molar-refractivity contribution in [3.8, 4) is 0 Å². The largest absolute Gasteiger partial charge is 0.507 e. The predicted octanol–water partition coefficient (Wildman–Crippen LogP) is 2.48. The van der Waals surface area contributed by atoms with Gasteiger partial charge in [-0.25, -0.2) is 0 Å². The summed E-state index contributed by atoms with van der Waals surface area (Å²) in [5.41, 5.74) is 0.172. The molecule has 2 saturated carbocycles. The van der Waals surface area contributed by atoms with Crippen LogP contribution in [0.4, 0.5) is 0 Å². The summed E-state index contributed by atoms with van der Waals surface area (Å²) in [6, 6.07) is 0. The maximum absolute atomic E-state index is 11.6. The molecule has 0 aliphatic heterocycles. The smallest absolute Gasteiger partial charge is 0.170 e. The lowest BCUT2D eigenvalue weighted by molar-refractivity contribution is -0.125. The van der Waals surface area contributed by atoms with Crippen molar-refractivity contribution in [1.82, 2.24) is 9.80 Å². The second-order valence-electron chi connectivity index (χ2n) is 7.66. The second kappa shape index (κ2) is 12.5. The van der Waals surface area contributed by atoms with E-state index < -0.39 is 0 Å². The molecule has 0 aromatic rings. The first-order chi connectivity index (χ1) is 14.6. The molecule has 2 aliphatic carbocycles. The molecule has 2 fully saturated rings. The molecule has 0 bridgehead atoms. The molecule has 0 aromatic carbocycles. The molecule has 1 N–H and O–H groups in total. The number of rotatable bonds is 5. The number of aliphatic hydroxyl groups is 1. The van der Waals surface area contributed by atoms with Gasteiger partial charge < -0.3 is 19.6 Å². The van der Waals surface area contributed by atoms with Crippen molar-refractivity contribution in [2.75, 3.05) is 35.3 Å². The number of hydrogen-bond donors (Lipinski definition) is 1. The molecule has 0 radical (unpaired) electrons. The summed E-state index contributed by atoms with van der Waals surface area (Å²) in [5.74, 6) is -0.603. The van der Waals surface area contributed by atoms with E-state index in [2.05, 4.69) is 0 Å². The molecule has 8 nitrogen and oxygen atoms in total. The van der Waals surface area contributed by atoms with Crippen LogP contribution in [-0.4, -0.2) is 73.3 Å². The van der Waals surface area contributed by atoms with Gasteiger partial charge in [0.15, 0.2) is 23.1 Å². The van der Waals surface area contributed by atoms with E-state index in [0.29, 0.717) is 44.3 Å². The number of hydrogen-bond acceptors (Lipinski definition) is 8. The summed E-state index contributed by atoms with van der Waals surface area (Å²) in [6.45, 7) is 0. The maximum Gasteiger partial charge on any atom is 0.170 e. The molecule has 31 heavy (non-hydrogen) atoms. The predicted molar refractivity (Wildman–Crippen MR) is 117 cm³/mol. The van der Waals surface area contributed by atoms with Crippen molar-refractivity contribution in [1.29, 1.82) is 0 Å². The fraction of sp³-hybridized carbons (Fsp3) is 0.478. The Morgan fingerprint density at radius 1 is 0.742 bits per heavy atom. The number of carbonyl (C=O) groups is 4. The summed E-state index contributed by atoms with van der Waals surface area (Å²) in [4.78, 5) is 49.6. The van der Waals surface area contributed by atoms with Gasteiger partial charge in [-0.15, -0.1) is 0 Å². The topological polar surface area (TPSA) is 104 Å². The highest BCUT2D eigenvalue weighted by atomic mass is 16.5. The van der Waals surface area contributed by atoms with Crippen LogP contribution < -0.4 is 0 Å². The van der Waals surface area contributed by atoms with Crippen LogP contribution in [-0.2, 0) is 23.9 Å². The quantitative estimate of drug-likeness (QED) is 0.401. The molecular weight excluding hydrogens is 400 g/mol. The average molecular weight is 433 g/mol. The molecule has 0 aromatic heterocycles. The minimum Gasteiger partial charge on any atom is -0.507 e. The van der Waals surface area contributed by atoms with Crippen molar-refractivity contribution < 1.29 is 29.0 Å². The third-order valence-corrected chi connectivity index (χ3v) is 4.51. The minimum absolute atomic E-state index is 0.0423. The fourth-order valence-electron chi connectivity index (χ4n) is 2.96. The number of methoxy groups -OCH3 is 1. The normalized spacial score (nSPS) is 17.1. The van der Waals surface area contributed by atoms with Crippen molar-refractivity contribution in [2.24, 2.45) is 0 Å². The van der Waals surface area contributed by atoms with Gasteiger partial charge in [0.05, 0.1) is 7.11 Å². The van der Waals surface area contributed by atoms with Crippen LogP contribution in [0.1, 0.15) is 38.5 Å². The van der Waals surface area contributed by atoms with Crippen LogP contribution in [0.2, 0.25) is 0 Å². The number of ether oxygens (including phenoxy) is 1. The van der Waals surface area contributed by atoms with Gasteiger partial charge >= 0.3 is 0 Å². The summed E-state index contributed by atoms with van der Waals surface area (Å²) < 4.78 is 5.11. The summed E-state index contributed by atoms with van der Waals surface area (Å²) in [6.07, 6.45) is 9.17. The highest BCUT2D eigenvalue weighted by molar-refractivity contribution is 6.22. The monoisotopic (exact) mass is 432 g/mol. The van der Waals surface area contributed by atoms with Crippen molar-refractivity contribution >= 4 is 23.1 Å². The number of allylic oxidation sites excluding steroid dienone is 4. The average Bonchev–Trinajstić information content (AvgIpc) is 2.68. The van der Waals surface area contributed by atoms with Gasteiger partial charge in [-0.2, -0.15) is 0 Å². The molecule has 0 heterocycles. The van der Waals surface area contributed by atoms with E-state index in [1.54, 1.807) is 37.5 Å². The molecule has 170 valence electrons. The van der Waals surface area contributed by atoms with E-state index in [0.717, 1.165) is 0 Å². The lowest BCUT2D eigenvalue weighted by Gasteiger charge is -2.14. The lowest BCUT2D eigenvalue weighted by atomic mass is 9.91. The lowest BCUT2D eigenvalue weighted by Crippen LogP contribution is -2.21. The number of carbonyl (C=O) groups excluding carboxylic acids is 4. The molecule has 0 amide bonds. The molecule has 2 rings (SSSR count). The first-order valence-electron chi connectivity index (χ1n) is 10.1. The van der Waals surface area contributed by atoms with E-state index in [9.17, 15) is 24.3 Å². The maximum atomic E-state index is 11.6. The summed E-state index contributed by atoms with van der Waals surface area (Å²) in [5, 5.41) is 9.59. The van der Waals surface area contributed by atoms with Gasteiger partial charge in [0, 0.05) is 66.3 Å². The molecule has 8 heteroatoms. The molecule has 2 aliphatic rings. The molecule has 0 atom stereocenters. The van der Waals surface area contributed by atoms with E-state index in [4.69, 9.17) is 4.74 Å². The number of aliphatic hydroxyl groups excluding tert-OH is 1. The Labute approximate surface area is 183 Å².